The summed E-state index contributed by atoms with van der Waals surface area (Å²) in [6.45, 7) is 0. The van der Waals surface area contributed by atoms with E-state index < -0.39 is 5.97 Å². The Morgan fingerprint density at radius 2 is 2.31 bits per heavy atom. The van der Waals surface area contributed by atoms with Crippen LogP contribution in [0.1, 0.15) is 17.8 Å². The Morgan fingerprint density at radius 1 is 1.50 bits per heavy atom. The number of carboxylic acid groups (broad SMARTS) is 1. The van der Waals surface area contributed by atoms with E-state index in [0.717, 1.165) is 15.2 Å². The number of fused-ring (bicyclic) bond motifs is 1. The molecule has 5 heteroatoms. The molecule has 3 nitrogen and oxygen atoms in total. The molecule has 0 aliphatic heterocycles. The topological polar surface area (TPSA) is 50.2 Å². The molecule has 2 rings (SSSR count). The predicted octanol–water partition coefficient (Wildman–Crippen LogP) is 3.36. The standard InChI is InChI=1S/C11H10ClNO2S/c12-7-4-5-8-9(6-7)16-10(13-8)2-1-3-11(14)15/h4-6H,1-3H2,(H,14,15). The molecule has 0 atom stereocenters. The molecular formula is C11H10ClNO2S. The Hall–Kier alpha value is -1.13. The van der Waals surface area contributed by atoms with E-state index in [1.807, 2.05) is 18.2 Å². The molecule has 0 saturated carbocycles. The lowest BCUT2D eigenvalue weighted by Crippen LogP contribution is -1.95. The van der Waals surface area contributed by atoms with Gasteiger partial charge in [0.15, 0.2) is 0 Å². The van der Waals surface area contributed by atoms with Gasteiger partial charge in [-0.15, -0.1) is 11.3 Å². The number of rotatable bonds is 4. The number of carbonyl (C=O) groups is 1. The van der Waals surface area contributed by atoms with Gasteiger partial charge in [0.25, 0.3) is 0 Å². The van der Waals surface area contributed by atoms with E-state index in [-0.39, 0.29) is 6.42 Å². The Bertz CT molecular complexity index is 524. The van der Waals surface area contributed by atoms with E-state index in [4.69, 9.17) is 16.7 Å². The van der Waals surface area contributed by atoms with Crippen LogP contribution in [-0.2, 0) is 11.2 Å². The highest BCUT2D eigenvalue weighted by atomic mass is 35.5. The highest BCUT2D eigenvalue weighted by molar-refractivity contribution is 7.18. The Balaban J connectivity index is 2.10. The van der Waals surface area contributed by atoms with Crippen LogP contribution in [0.4, 0.5) is 0 Å². The van der Waals surface area contributed by atoms with Crippen molar-refractivity contribution in [1.29, 1.82) is 0 Å². The third kappa shape index (κ3) is 2.71. The first kappa shape index (κ1) is 11.4. The zero-order chi connectivity index (χ0) is 11.5. The Kier molecular flexibility index (Phi) is 3.41. The third-order valence-corrected chi connectivity index (χ3v) is 3.49. The van der Waals surface area contributed by atoms with Crippen LogP contribution >= 0.6 is 22.9 Å². The number of nitrogens with zero attached hydrogens (tertiary/aromatic N) is 1. The number of benzene rings is 1. The fourth-order valence-electron chi connectivity index (χ4n) is 1.44. The number of halogens is 1. The van der Waals surface area contributed by atoms with E-state index in [2.05, 4.69) is 4.98 Å². The average molecular weight is 256 g/mol. The van der Waals surface area contributed by atoms with Gasteiger partial charge >= 0.3 is 5.97 Å². The van der Waals surface area contributed by atoms with Crippen molar-refractivity contribution in [3.63, 3.8) is 0 Å². The van der Waals surface area contributed by atoms with Gasteiger partial charge in [0.05, 0.1) is 15.2 Å². The van der Waals surface area contributed by atoms with Gasteiger partial charge in [-0.3, -0.25) is 4.79 Å². The van der Waals surface area contributed by atoms with Gasteiger partial charge in [0.2, 0.25) is 0 Å². The molecule has 1 heterocycles. The summed E-state index contributed by atoms with van der Waals surface area (Å²) in [7, 11) is 0. The van der Waals surface area contributed by atoms with E-state index >= 15 is 0 Å². The van der Waals surface area contributed by atoms with Gasteiger partial charge < -0.3 is 5.11 Å². The number of aromatic nitrogens is 1. The van der Waals surface area contributed by atoms with Gasteiger partial charge in [-0.2, -0.15) is 0 Å². The van der Waals surface area contributed by atoms with Crippen LogP contribution < -0.4 is 0 Å². The zero-order valence-electron chi connectivity index (χ0n) is 8.44. The Labute approximate surface area is 102 Å². The first-order valence-electron chi connectivity index (χ1n) is 4.92. The molecule has 84 valence electrons. The summed E-state index contributed by atoms with van der Waals surface area (Å²) in [5.74, 6) is -0.760. The first-order valence-corrected chi connectivity index (χ1v) is 6.11. The number of hydrogen-bond acceptors (Lipinski definition) is 3. The van der Waals surface area contributed by atoms with Crippen molar-refractivity contribution in [3.05, 3.63) is 28.2 Å². The summed E-state index contributed by atoms with van der Waals surface area (Å²) in [5, 5.41) is 10.2. The fraction of sp³-hybridized carbons (Fsp3) is 0.273. The summed E-state index contributed by atoms with van der Waals surface area (Å²) >= 11 is 7.45. The predicted molar refractivity (Wildman–Crippen MR) is 65.2 cm³/mol. The largest absolute Gasteiger partial charge is 0.481 e. The lowest BCUT2D eigenvalue weighted by molar-refractivity contribution is -0.137. The molecule has 0 amide bonds. The highest BCUT2D eigenvalue weighted by Crippen LogP contribution is 2.26. The summed E-state index contributed by atoms with van der Waals surface area (Å²) in [6, 6.07) is 5.58. The second kappa shape index (κ2) is 4.80. The van der Waals surface area contributed by atoms with Gasteiger partial charge in [-0.05, 0) is 31.0 Å². The van der Waals surface area contributed by atoms with Crippen molar-refractivity contribution in [3.8, 4) is 0 Å². The van der Waals surface area contributed by atoms with Crippen LogP contribution in [0.3, 0.4) is 0 Å². The number of hydrogen-bond donors (Lipinski definition) is 1. The summed E-state index contributed by atoms with van der Waals surface area (Å²) in [4.78, 5) is 14.8. The maximum Gasteiger partial charge on any atom is 0.303 e. The van der Waals surface area contributed by atoms with Crippen molar-refractivity contribution < 1.29 is 9.90 Å². The summed E-state index contributed by atoms with van der Waals surface area (Å²) < 4.78 is 1.05. The molecule has 1 N–H and O–H groups in total. The number of aliphatic carboxylic acids is 1. The molecule has 2 aromatic rings. The second-order valence-electron chi connectivity index (χ2n) is 3.47. The minimum Gasteiger partial charge on any atom is -0.481 e. The minimum absolute atomic E-state index is 0.191. The zero-order valence-corrected chi connectivity index (χ0v) is 10.0. The molecule has 0 aliphatic rings. The van der Waals surface area contributed by atoms with E-state index in [0.29, 0.717) is 17.9 Å². The third-order valence-electron chi connectivity index (χ3n) is 2.18. The van der Waals surface area contributed by atoms with Crippen molar-refractivity contribution in [2.45, 2.75) is 19.3 Å². The van der Waals surface area contributed by atoms with Crippen LogP contribution in [0.25, 0.3) is 10.2 Å². The summed E-state index contributed by atoms with van der Waals surface area (Å²) in [5.41, 5.74) is 0.930. The molecule has 0 bridgehead atoms. The fourth-order valence-corrected chi connectivity index (χ4v) is 2.73. The molecule has 0 unspecified atom stereocenters. The molecule has 0 aliphatic carbocycles. The quantitative estimate of drug-likeness (QED) is 0.911. The molecule has 1 aromatic carbocycles. The van der Waals surface area contributed by atoms with Gasteiger partial charge in [-0.1, -0.05) is 11.6 Å². The average Bonchev–Trinajstić information content (AvgIpc) is 2.58. The van der Waals surface area contributed by atoms with Crippen LogP contribution in [0, 0.1) is 0 Å². The smallest absolute Gasteiger partial charge is 0.303 e. The first-order chi connectivity index (χ1) is 7.65. The van der Waals surface area contributed by atoms with Crippen LogP contribution in [0.2, 0.25) is 5.02 Å². The normalized spacial score (nSPS) is 10.8. The minimum atomic E-state index is -0.760. The number of thiazole rings is 1. The van der Waals surface area contributed by atoms with Gasteiger partial charge in [-0.25, -0.2) is 4.98 Å². The van der Waals surface area contributed by atoms with Crippen molar-refractivity contribution in [2.24, 2.45) is 0 Å². The van der Waals surface area contributed by atoms with E-state index in [1.165, 1.54) is 0 Å². The molecular weight excluding hydrogens is 246 g/mol. The highest BCUT2D eigenvalue weighted by Gasteiger charge is 2.05. The molecule has 0 saturated heterocycles. The molecule has 0 radical (unpaired) electrons. The number of carboxylic acids is 1. The lowest BCUT2D eigenvalue weighted by Gasteiger charge is -1.91. The molecule has 0 spiro atoms. The van der Waals surface area contributed by atoms with Crippen molar-refractivity contribution >= 4 is 39.1 Å². The molecule has 1 aromatic heterocycles. The molecule has 16 heavy (non-hydrogen) atoms. The van der Waals surface area contributed by atoms with Crippen molar-refractivity contribution in [1.82, 2.24) is 4.98 Å². The number of aryl methyl sites for hydroxylation is 1. The second-order valence-corrected chi connectivity index (χ2v) is 5.02. The SMILES string of the molecule is O=C(O)CCCc1nc2ccc(Cl)cc2s1. The van der Waals surface area contributed by atoms with E-state index in [1.54, 1.807) is 11.3 Å². The van der Waals surface area contributed by atoms with Crippen molar-refractivity contribution in [2.75, 3.05) is 0 Å². The van der Waals surface area contributed by atoms with Crippen LogP contribution in [0.15, 0.2) is 18.2 Å². The lowest BCUT2D eigenvalue weighted by atomic mass is 10.2. The maximum atomic E-state index is 10.4. The van der Waals surface area contributed by atoms with E-state index in [9.17, 15) is 4.79 Å². The van der Waals surface area contributed by atoms with Crippen LogP contribution in [0.5, 0.6) is 0 Å². The summed E-state index contributed by atoms with van der Waals surface area (Å²) in [6.07, 6.45) is 1.53. The maximum absolute atomic E-state index is 10.4. The Morgan fingerprint density at radius 3 is 3.06 bits per heavy atom. The monoisotopic (exact) mass is 255 g/mol. The van der Waals surface area contributed by atoms with Gasteiger partial charge in [0.1, 0.15) is 0 Å². The molecule has 0 fully saturated rings. The van der Waals surface area contributed by atoms with Gasteiger partial charge in [0, 0.05) is 11.4 Å². The van der Waals surface area contributed by atoms with Crippen LogP contribution in [-0.4, -0.2) is 16.1 Å².